The molecule has 0 aromatic heterocycles. The number of hydrogen-bond donors (Lipinski definition) is 2. The van der Waals surface area contributed by atoms with E-state index in [1.165, 1.54) is 12.8 Å². The summed E-state index contributed by atoms with van der Waals surface area (Å²) in [6.45, 7) is 12.5. The van der Waals surface area contributed by atoms with Crippen LogP contribution in [0.4, 0.5) is 4.39 Å². The van der Waals surface area contributed by atoms with Gasteiger partial charge in [0.1, 0.15) is 6.17 Å². The lowest BCUT2D eigenvalue weighted by Crippen LogP contribution is -2.56. The zero-order valence-corrected chi connectivity index (χ0v) is 14.8. The highest BCUT2D eigenvalue weighted by Gasteiger charge is 2.30. The number of likely N-dealkylation sites (tertiary alicyclic amines) is 2. The summed E-state index contributed by atoms with van der Waals surface area (Å²) < 4.78 is 13.7. The SMILES string of the molecule is CC(CNC1CCC(C)N(C(C)C)C1)N1CC(N)CC(F)C1. The molecule has 3 N–H and O–H groups in total. The summed E-state index contributed by atoms with van der Waals surface area (Å²) in [6.07, 6.45) is 2.24. The standard InChI is InChI=1S/C17H35FN4/c1-12(2)22-11-17(6-5-13(22)3)20-8-14(4)21-9-15(18)7-16(19)10-21/h12-17,20H,5-11,19H2,1-4H3. The van der Waals surface area contributed by atoms with Gasteiger partial charge in [-0.05, 0) is 47.0 Å². The van der Waals surface area contributed by atoms with Crippen LogP contribution in [0.25, 0.3) is 0 Å². The van der Waals surface area contributed by atoms with Crippen LogP contribution in [0.1, 0.15) is 47.0 Å². The van der Waals surface area contributed by atoms with Crippen LogP contribution in [-0.2, 0) is 0 Å². The molecule has 0 aliphatic carbocycles. The van der Waals surface area contributed by atoms with Gasteiger partial charge in [0, 0.05) is 56.4 Å². The van der Waals surface area contributed by atoms with Crippen LogP contribution in [0.3, 0.4) is 0 Å². The summed E-state index contributed by atoms with van der Waals surface area (Å²) >= 11 is 0. The minimum Gasteiger partial charge on any atom is -0.326 e. The number of piperidine rings is 2. The number of hydrogen-bond acceptors (Lipinski definition) is 4. The lowest BCUT2D eigenvalue weighted by atomic mass is 9.97. The monoisotopic (exact) mass is 314 g/mol. The second-order valence-corrected chi connectivity index (χ2v) is 7.72. The van der Waals surface area contributed by atoms with Crippen molar-refractivity contribution in [3.63, 3.8) is 0 Å². The Kier molecular flexibility index (Phi) is 6.62. The number of halogens is 1. The molecule has 2 heterocycles. The van der Waals surface area contributed by atoms with Crippen molar-refractivity contribution in [2.24, 2.45) is 5.73 Å². The molecule has 2 aliphatic rings. The largest absolute Gasteiger partial charge is 0.326 e. The van der Waals surface area contributed by atoms with E-state index >= 15 is 0 Å². The fourth-order valence-electron chi connectivity index (χ4n) is 3.95. The van der Waals surface area contributed by atoms with E-state index in [9.17, 15) is 4.39 Å². The average Bonchev–Trinajstić information content (AvgIpc) is 2.44. The van der Waals surface area contributed by atoms with Gasteiger partial charge >= 0.3 is 0 Å². The third kappa shape index (κ3) is 4.88. The molecular formula is C17H35FN4. The topological polar surface area (TPSA) is 44.5 Å². The van der Waals surface area contributed by atoms with Gasteiger partial charge in [-0.3, -0.25) is 9.80 Å². The minimum atomic E-state index is -0.766. The summed E-state index contributed by atoms with van der Waals surface area (Å²) in [6, 6.07) is 2.17. The van der Waals surface area contributed by atoms with Gasteiger partial charge < -0.3 is 11.1 Å². The molecule has 2 aliphatic heterocycles. The van der Waals surface area contributed by atoms with Crippen LogP contribution in [0.2, 0.25) is 0 Å². The quantitative estimate of drug-likeness (QED) is 0.809. The Morgan fingerprint density at radius 3 is 2.55 bits per heavy atom. The first-order chi connectivity index (χ1) is 10.4. The molecule has 130 valence electrons. The van der Waals surface area contributed by atoms with Crippen LogP contribution in [0.15, 0.2) is 0 Å². The van der Waals surface area contributed by atoms with Gasteiger partial charge in [0.2, 0.25) is 0 Å². The van der Waals surface area contributed by atoms with Crippen LogP contribution >= 0.6 is 0 Å². The molecule has 0 radical (unpaired) electrons. The molecule has 0 spiro atoms. The molecule has 0 saturated carbocycles. The zero-order chi connectivity index (χ0) is 16.3. The highest BCUT2D eigenvalue weighted by atomic mass is 19.1. The zero-order valence-electron chi connectivity index (χ0n) is 14.8. The van der Waals surface area contributed by atoms with Gasteiger partial charge in [-0.15, -0.1) is 0 Å². The molecule has 5 atom stereocenters. The Hall–Kier alpha value is -0.230. The van der Waals surface area contributed by atoms with E-state index in [0.717, 1.165) is 19.6 Å². The fraction of sp³-hybridized carbons (Fsp3) is 1.00. The van der Waals surface area contributed by atoms with Gasteiger partial charge in [0.05, 0.1) is 0 Å². The summed E-state index contributed by atoms with van der Waals surface area (Å²) in [7, 11) is 0. The minimum absolute atomic E-state index is 0.0156. The van der Waals surface area contributed by atoms with Crippen molar-refractivity contribution in [1.29, 1.82) is 0 Å². The molecular weight excluding hydrogens is 279 g/mol. The molecule has 0 bridgehead atoms. The second-order valence-electron chi connectivity index (χ2n) is 7.72. The Labute approximate surface area is 135 Å². The van der Waals surface area contributed by atoms with Crippen molar-refractivity contribution in [3.8, 4) is 0 Å². The molecule has 22 heavy (non-hydrogen) atoms. The molecule has 2 fully saturated rings. The number of nitrogens with zero attached hydrogens (tertiary/aromatic N) is 2. The van der Waals surface area contributed by atoms with Crippen LogP contribution in [-0.4, -0.2) is 72.4 Å². The smallest absolute Gasteiger partial charge is 0.114 e. The normalized spacial score (nSPS) is 36.7. The van der Waals surface area contributed by atoms with Gasteiger partial charge in [0.25, 0.3) is 0 Å². The number of nitrogens with two attached hydrogens (primary N) is 1. The maximum Gasteiger partial charge on any atom is 0.114 e. The summed E-state index contributed by atoms with van der Waals surface area (Å²) in [5.74, 6) is 0. The third-order valence-corrected chi connectivity index (χ3v) is 5.38. The van der Waals surface area contributed by atoms with E-state index in [0.29, 0.717) is 37.1 Å². The fourth-order valence-corrected chi connectivity index (χ4v) is 3.95. The van der Waals surface area contributed by atoms with Crippen LogP contribution in [0.5, 0.6) is 0 Å². The first-order valence-electron chi connectivity index (χ1n) is 8.99. The highest BCUT2D eigenvalue weighted by Crippen LogP contribution is 2.20. The summed E-state index contributed by atoms with van der Waals surface area (Å²) in [4.78, 5) is 4.79. The van der Waals surface area contributed by atoms with Crippen molar-refractivity contribution in [3.05, 3.63) is 0 Å². The number of alkyl halides is 1. The molecule has 0 amide bonds. The predicted octanol–water partition coefficient (Wildman–Crippen LogP) is 1.60. The average molecular weight is 314 g/mol. The first-order valence-corrected chi connectivity index (χ1v) is 8.99. The third-order valence-electron chi connectivity index (χ3n) is 5.38. The summed E-state index contributed by atoms with van der Waals surface area (Å²) in [5, 5.41) is 3.71. The molecule has 4 nitrogen and oxygen atoms in total. The Bertz CT molecular complexity index is 327. The lowest BCUT2D eigenvalue weighted by molar-refractivity contribution is 0.0780. The van der Waals surface area contributed by atoms with Crippen molar-refractivity contribution < 1.29 is 4.39 Å². The van der Waals surface area contributed by atoms with Gasteiger partial charge in [0.15, 0.2) is 0 Å². The second kappa shape index (κ2) is 8.04. The molecule has 0 aromatic rings. The molecule has 0 aromatic carbocycles. The Morgan fingerprint density at radius 1 is 1.18 bits per heavy atom. The molecule has 2 saturated heterocycles. The van der Waals surface area contributed by atoms with E-state index < -0.39 is 6.17 Å². The van der Waals surface area contributed by atoms with Crippen molar-refractivity contribution in [1.82, 2.24) is 15.1 Å². The van der Waals surface area contributed by atoms with Crippen molar-refractivity contribution in [2.75, 3.05) is 26.2 Å². The van der Waals surface area contributed by atoms with Gasteiger partial charge in [-0.2, -0.15) is 0 Å². The predicted molar refractivity (Wildman–Crippen MR) is 90.9 cm³/mol. The Morgan fingerprint density at radius 2 is 1.91 bits per heavy atom. The maximum atomic E-state index is 13.7. The van der Waals surface area contributed by atoms with Gasteiger partial charge in [-0.1, -0.05) is 0 Å². The maximum absolute atomic E-state index is 13.7. The van der Waals surface area contributed by atoms with E-state index in [-0.39, 0.29) is 6.04 Å². The van der Waals surface area contributed by atoms with Crippen LogP contribution in [0, 0.1) is 0 Å². The van der Waals surface area contributed by atoms with E-state index in [1.54, 1.807) is 0 Å². The molecule has 5 unspecified atom stereocenters. The van der Waals surface area contributed by atoms with E-state index in [1.807, 2.05) is 0 Å². The highest BCUT2D eigenvalue weighted by molar-refractivity contribution is 4.88. The number of rotatable bonds is 5. The van der Waals surface area contributed by atoms with Gasteiger partial charge in [-0.25, -0.2) is 4.39 Å². The van der Waals surface area contributed by atoms with Crippen LogP contribution < -0.4 is 11.1 Å². The van der Waals surface area contributed by atoms with E-state index in [2.05, 4.69) is 42.8 Å². The van der Waals surface area contributed by atoms with Crippen molar-refractivity contribution >= 4 is 0 Å². The first kappa shape index (κ1) is 18.1. The Balaban J connectivity index is 1.77. The van der Waals surface area contributed by atoms with Crippen molar-refractivity contribution in [2.45, 2.75) is 83.3 Å². The summed E-state index contributed by atoms with van der Waals surface area (Å²) in [5.41, 5.74) is 5.95. The molecule has 2 rings (SSSR count). The molecule has 5 heteroatoms. The number of nitrogens with one attached hydrogen (secondary N) is 1. The lowest BCUT2D eigenvalue weighted by Gasteiger charge is -2.42. The van der Waals surface area contributed by atoms with E-state index in [4.69, 9.17) is 5.73 Å².